The molecule has 1 aromatic rings. The van der Waals surface area contributed by atoms with Crippen molar-refractivity contribution in [3.63, 3.8) is 0 Å². The highest BCUT2D eigenvalue weighted by molar-refractivity contribution is 8.00. The van der Waals surface area contributed by atoms with E-state index >= 15 is 0 Å². The van der Waals surface area contributed by atoms with Gasteiger partial charge in [-0.25, -0.2) is 4.39 Å². The van der Waals surface area contributed by atoms with Gasteiger partial charge in [0.2, 0.25) is 0 Å². The van der Waals surface area contributed by atoms with Crippen molar-refractivity contribution in [2.75, 3.05) is 7.11 Å². The average molecular weight is 200 g/mol. The number of thioether (sulfide) groups is 1. The van der Waals surface area contributed by atoms with Crippen LogP contribution in [0.15, 0.2) is 23.1 Å². The van der Waals surface area contributed by atoms with Gasteiger partial charge in [-0.15, -0.1) is 11.8 Å². The van der Waals surface area contributed by atoms with Crippen LogP contribution in [0.25, 0.3) is 0 Å². The van der Waals surface area contributed by atoms with Crippen molar-refractivity contribution >= 4 is 11.8 Å². The molecule has 0 heterocycles. The molecule has 1 aromatic carbocycles. The van der Waals surface area contributed by atoms with Gasteiger partial charge in [0, 0.05) is 16.2 Å². The lowest BCUT2D eigenvalue weighted by Gasteiger charge is -2.09. The molecule has 0 fully saturated rings. The van der Waals surface area contributed by atoms with Crippen LogP contribution in [-0.2, 0) is 0 Å². The predicted molar refractivity (Wildman–Crippen MR) is 53.9 cm³/mol. The van der Waals surface area contributed by atoms with Gasteiger partial charge in [-0.05, 0) is 12.1 Å². The van der Waals surface area contributed by atoms with Crippen LogP contribution in [0.5, 0.6) is 5.75 Å². The minimum absolute atomic E-state index is 0.259. The van der Waals surface area contributed by atoms with Gasteiger partial charge in [0.25, 0.3) is 0 Å². The molecular weight excluding hydrogens is 187 g/mol. The van der Waals surface area contributed by atoms with E-state index in [1.165, 1.54) is 12.1 Å². The van der Waals surface area contributed by atoms with E-state index in [1.54, 1.807) is 24.9 Å². The first-order valence-corrected chi connectivity index (χ1v) is 5.01. The zero-order valence-electron chi connectivity index (χ0n) is 8.00. The molecular formula is C10H13FOS. The maximum Gasteiger partial charge on any atom is 0.135 e. The van der Waals surface area contributed by atoms with Crippen molar-refractivity contribution < 1.29 is 9.13 Å². The lowest BCUT2D eigenvalue weighted by molar-refractivity contribution is 0.401. The normalized spacial score (nSPS) is 10.5. The Morgan fingerprint density at radius 1 is 1.38 bits per heavy atom. The quantitative estimate of drug-likeness (QED) is 0.692. The number of hydrogen-bond acceptors (Lipinski definition) is 2. The Balaban J connectivity index is 2.92. The topological polar surface area (TPSA) is 9.23 Å². The van der Waals surface area contributed by atoms with Gasteiger partial charge in [0.1, 0.15) is 11.6 Å². The Morgan fingerprint density at radius 3 is 2.62 bits per heavy atom. The third-order valence-corrected chi connectivity index (χ3v) is 2.55. The molecule has 0 saturated heterocycles. The lowest BCUT2D eigenvalue weighted by Crippen LogP contribution is -1.91. The van der Waals surface area contributed by atoms with E-state index < -0.39 is 0 Å². The molecule has 0 aliphatic heterocycles. The number of rotatable bonds is 3. The molecule has 0 aliphatic carbocycles. The summed E-state index contributed by atoms with van der Waals surface area (Å²) in [5.41, 5.74) is 0. The fourth-order valence-corrected chi connectivity index (χ4v) is 1.91. The van der Waals surface area contributed by atoms with Crippen LogP contribution in [0.1, 0.15) is 13.8 Å². The Morgan fingerprint density at radius 2 is 2.08 bits per heavy atom. The van der Waals surface area contributed by atoms with Gasteiger partial charge in [-0.1, -0.05) is 13.8 Å². The SMILES string of the molecule is COc1cc(F)ccc1SC(C)C. The number of halogens is 1. The highest BCUT2D eigenvalue weighted by Crippen LogP contribution is 2.32. The fourth-order valence-electron chi connectivity index (χ4n) is 0.993. The standard InChI is InChI=1S/C10H13FOS/c1-7(2)13-10-5-4-8(11)6-9(10)12-3/h4-7H,1-3H3. The molecule has 0 aliphatic rings. The average Bonchev–Trinajstić information content (AvgIpc) is 2.07. The summed E-state index contributed by atoms with van der Waals surface area (Å²) in [5.74, 6) is 0.351. The van der Waals surface area contributed by atoms with Crippen molar-refractivity contribution in [1.82, 2.24) is 0 Å². The lowest BCUT2D eigenvalue weighted by atomic mass is 10.3. The van der Waals surface area contributed by atoms with Crippen LogP contribution in [0.2, 0.25) is 0 Å². The first kappa shape index (κ1) is 10.4. The van der Waals surface area contributed by atoms with E-state index in [1.807, 2.05) is 0 Å². The van der Waals surface area contributed by atoms with Crippen molar-refractivity contribution in [3.8, 4) is 5.75 Å². The van der Waals surface area contributed by atoms with Gasteiger partial charge >= 0.3 is 0 Å². The summed E-state index contributed by atoms with van der Waals surface area (Å²) in [5, 5.41) is 0.472. The second kappa shape index (κ2) is 4.51. The minimum atomic E-state index is -0.259. The number of benzene rings is 1. The summed E-state index contributed by atoms with van der Waals surface area (Å²) in [6.45, 7) is 4.18. The molecule has 0 N–H and O–H groups in total. The number of hydrogen-bond donors (Lipinski definition) is 0. The monoisotopic (exact) mass is 200 g/mol. The van der Waals surface area contributed by atoms with Gasteiger partial charge in [-0.3, -0.25) is 0 Å². The van der Waals surface area contributed by atoms with Crippen LogP contribution in [0.4, 0.5) is 4.39 Å². The van der Waals surface area contributed by atoms with E-state index in [4.69, 9.17) is 4.74 Å². The second-order valence-electron chi connectivity index (χ2n) is 2.96. The summed E-state index contributed by atoms with van der Waals surface area (Å²) in [7, 11) is 1.55. The largest absolute Gasteiger partial charge is 0.495 e. The molecule has 13 heavy (non-hydrogen) atoms. The molecule has 1 rings (SSSR count). The third kappa shape index (κ3) is 2.92. The zero-order valence-corrected chi connectivity index (χ0v) is 8.82. The van der Waals surface area contributed by atoms with Gasteiger partial charge in [0.05, 0.1) is 7.11 Å². The minimum Gasteiger partial charge on any atom is -0.495 e. The maximum atomic E-state index is 12.8. The van der Waals surface area contributed by atoms with E-state index in [-0.39, 0.29) is 5.82 Å². The summed E-state index contributed by atoms with van der Waals surface area (Å²) in [6.07, 6.45) is 0. The highest BCUT2D eigenvalue weighted by Gasteiger charge is 2.06. The van der Waals surface area contributed by atoms with Crippen LogP contribution in [-0.4, -0.2) is 12.4 Å². The molecule has 0 atom stereocenters. The zero-order chi connectivity index (χ0) is 9.84. The van der Waals surface area contributed by atoms with E-state index in [0.29, 0.717) is 11.0 Å². The molecule has 0 radical (unpaired) electrons. The Kier molecular flexibility index (Phi) is 3.60. The molecule has 0 unspecified atom stereocenters. The van der Waals surface area contributed by atoms with Gasteiger partial charge in [0.15, 0.2) is 0 Å². The molecule has 0 bridgehead atoms. The molecule has 3 heteroatoms. The number of methoxy groups -OCH3 is 1. The molecule has 0 aromatic heterocycles. The summed E-state index contributed by atoms with van der Waals surface area (Å²) < 4.78 is 17.8. The molecule has 0 spiro atoms. The summed E-state index contributed by atoms with van der Waals surface area (Å²) in [6, 6.07) is 4.61. The fraction of sp³-hybridized carbons (Fsp3) is 0.400. The predicted octanol–water partition coefficient (Wildman–Crippen LogP) is 3.33. The molecule has 1 nitrogen and oxygen atoms in total. The van der Waals surface area contributed by atoms with Crippen molar-refractivity contribution in [3.05, 3.63) is 24.0 Å². The van der Waals surface area contributed by atoms with E-state index in [9.17, 15) is 4.39 Å². The summed E-state index contributed by atoms with van der Waals surface area (Å²) in [4.78, 5) is 0.985. The van der Waals surface area contributed by atoms with Crippen LogP contribution >= 0.6 is 11.8 Å². The van der Waals surface area contributed by atoms with Crippen LogP contribution < -0.4 is 4.74 Å². The Bertz CT molecular complexity index is 286. The molecule has 0 amide bonds. The third-order valence-electron chi connectivity index (χ3n) is 1.49. The molecule has 72 valence electrons. The smallest absolute Gasteiger partial charge is 0.135 e. The van der Waals surface area contributed by atoms with Crippen molar-refractivity contribution in [2.45, 2.75) is 24.0 Å². The summed E-state index contributed by atoms with van der Waals surface area (Å²) >= 11 is 1.67. The molecule has 0 saturated carbocycles. The number of ether oxygens (including phenoxy) is 1. The van der Waals surface area contributed by atoms with Crippen LogP contribution in [0.3, 0.4) is 0 Å². The van der Waals surface area contributed by atoms with Crippen molar-refractivity contribution in [1.29, 1.82) is 0 Å². The van der Waals surface area contributed by atoms with E-state index in [2.05, 4.69) is 13.8 Å². The maximum absolute atomic E-state index is 12.8. The highest BCUT2D eigenvalue weighted by atomic mass is 32.2. The van der Waals surface area contributed by atoms with Gasteiger partial charge in [-0.2, -0.15) is 0 Å². The Hall–Kier alpha value is -0.700. The van der Waals surface area contributed by atoms with Crippen LogP contribution in [0, 0.1) is 5.82 Å². The first-order valence-electron chi connectivity index (χ1n) is 4.13. The second-order valence-corrected chi connectivity index (χ2v) is 4.58. The first-order chi connectivity index (χ1) is 6.13. The van der Waals surface area contributed by atoms with Gasteiger partial charge < -0.3 is 4.74 Å². The Labute approximate surface area is 82.3 Å². The van der Waals surface area contributed by atoms with Crippen molar-refractivity contribution in [2.24, 2.45) is 0 Å². The van der Waals surface area contributed by atoms with E-state index in [0.717, 1.165) is 4.90 Å².